The van der Waals surface area contributed by atoms with Gasteiger partial charge in [-0.2, -0.15) is 13.2 Å². The number of hydrogen-bond acceptors (Lipinski definition) is 6. The van der Waals surface area contributed by atoms with Crippen molar-refractivity contribution in [2.45, 2.75) is 6.18 Å². The summed E-state index contributed by atoms with van der Waals surface area (Å²) in [5.74, 6) is 0.847. The Kier molecular flexibility index (Phi) is 7.10. The Morgan fingerprint density at radius 2 is 1.70 bits per heavy atom. The van der Waals surface area contributed by atoms with E-state index >= 15 is 0 Å². The van der Waals surface area contributed by atoms with Crippen LogP contribution in [-0.2, 0) is 11.0 Å². The highest BCUT2D eigenvalue weighted by molar-refractivity contribution is 5.92. The van der Waals surface area contributed by atoms with E-state index in [1.54, 1.807) is 34.1 Å². The molecule has 0 bridgehead atoms. The number of alkyl halides is 3. The maximum absolute atomic E-state index is 12.9. The third kappa shape index (κ3) is 5.54. The highest BCUT2D eigenvalue weighted by Gasteiger charge is 2.34. The quantitative estimate of drug-likeness (QED) is 0.364. The highest BCUT2D eigenvalue weighted by atomic mass is 19.4. The number of halogens is 3. The molecule has 2 aromatic carbocycles. The van der Waals surface area contributed by atoms with Crippen molar-refractivity contribution in [2.24, 2.45) is 0 Å². The van der Waals surface area contributed by atoms with Crippen LogP contribution in [0, 0.1) is 10.1 Å². The van der Waals surface area contributed by atoms with Crippen LogP contribution in [0.25, 0.3) is 6.08 Å². The fourth-order valence-corrected chi connectivity index (χ4v) is 3.51. The zero-order valence-corrected chi connectivity index (χ0v) is 18.0. The number of carbonyl (C=O) groups is 1. The minimum Gasteiger partial charge on any atom is -0.493 e. The Hall–Kier alpha value is -3.76. The first-order chi connectivity index (χ1) is 15.6. The molecule has 0 radical (unpaired) electrons. The molecular weight excluding hydrogens is 443 g/mol. The lowest BCUT2D eigenvalue weighted by Gasteiger charge is -2.35. The number of nitro groups is 1. The molecular formula is C22H22F3N3O5. The van der Waals surface area contributed by atoms with Gasteiger partial charge in [0.25, 0.3) is 5.69 Å². The standard InChI is InChI=1S/C22H22F3N3O5/c1-32-19-7-3-15(13-20(19)33-2)4-8-21(29)27-11-9-26(10-12-27)17-6-5-16(22(23,24)25)14-18(17)28(30)31/h3-8,13-14H,9-12H2,1-2H3/b8-4+. The van der Waals surface area contributed by atoms with E-state index in [4.69, 9.17) is 9.47 Å². The maximum Gasteiger partial charge on any atom is 0.416 e. The van der Waals surface area contributed by atoms with E-state index in [1.165, 1.54) is 20.3 Å². The molecule has 1 amide bonds. The van der Waals surface area contributed by atoms with Gasteiger partial charge < -0.3 is 19.3 Å². The topological polar surface area (TPSA) is 85.2 Å². The van der Waals surface area contributed by atoms with Crippen LogP contribution in [0.3, 0.4) is 0 Å². The lowest BCUT2D eigenvalue weighted by atomic mass is 10.1. The van der Waals surface area contributed by atoms with E-state index < -0.39 is 22.4 Å². The number of rotatable bonds is 6. The summed E-state index contributed by atoms with van der Waals surface area (Å²) in [6.45, 7) is 1.05. The molecule has 8 nitrogen and oxygen atoms in total. The van der Waals surface area contributed by atoms with Gasteiger partial charge in [0.1, 0.15) is 5.69 Å². The lowest BCUT2D eigenvalue weighted by molar-refractivity contribution is -0.384. The molecule has 1 saturated heterocycles. The summed E-state index contributed by atoms with van der Waals surface area (Å²) in [6.07, 6.45) is -1.62. The number of nitro benzene ring substituents is 1. The second kappa shape index (κ2) is 9.80. The van der Waals surface area contributed by atoms with E-state index in [0.29, 0.717) is 17.6 Å². The monoisotopic (exact) mass is 465 g/mol. The second-order valence-corrected chi connectivity index (χ2v) is 7.22. The van der Waals surface area contributed by atoms with Crippen molar-refractivity contribution >= 4 is 23.4 Å². The van der Waals surface area contributed by atoms with Gasteiger partial charge in [0, 0.05) is 38.3 Å². The van der Waals surface area contributed by atoms with Crippen molar-refractivity contribution in [1.29, 1.82) is 0 Å². The van der Waals surface area contributed by atoms with Gasteiger partial charge in [-0.05, 0) is 35.9 Å². The van der Waals surface area contributed by atoms with Crippen LogP contribution >= 0.6 is 0 Å². The van der Waals surface area contributed by atoms with Crippen LogP contribution in [0.5, 0.6) is 11.5 Å². The molecule has 1 aliphatic rings. The normalized spacial score (nSPS) is 14.5. The second-order valence-electron chi connectivity index (χ2n) is 7.22. The summed E-state index contributed by atoms with van der Waals surface area (Å²) in [7, 11) is 3.03. The van der Waals surface area contributed by atoms with Crippen molar-refractivity contribution in [2.75, 3.05) is 45.3 Å². The van der Waals surface area contributed by atoms with Crippen molar-refractivity contribution in [1.82, 2.24) is 4.90 Å². The molecule has 1 heterocycles. The first kappa shape index (κ1) is 23.9. The SMILES string of the molecule is COc1ccc(/C=C/C(=O)N2CCN(c3ccc(C(F)(F)F)cc3[N+](=O)[O-])CC2)cc1OC. The predicted molar refractivity (Wildman–Crippen MR) is 115 cm³/mol. The Bertz CT molecular complexity index is 1060. The number of nitrogens with zero attached hydrogens (tertiary/aromatic N) is 3. The molecule has 33 heavy (non-hydrogen) atoms. The van der Waals surface area contributed by atoms with Gasteiger partial charge in [-0.25, -0.2) is 0 Å². The zero-order valence-electron chi connectivity index (χ0n) is 18.0. The summed E-state index contributed by atoms with van der Waals surface area (Å²) < 4.78 is 49.2. The first-order valence-corrected chi connectivity index (χ1v) is 9.93. The van der Waals surface area contributed by atoms with Gasteiger partial charge >= 0.3 is 6.18 Å². The lowest BCUT2D eigenvalue weighted by Crippen LogP contribution is -2.48. The molecule has 0 saturated carbocycles. The zero-order chi connectivity index (χ0) is 24.2. The molecule has 1 fully saturated rings. The highest BCUT2D eigenvalue weighted by Crippen LogP contribution is 2.36. The van der Waals surface area contributed by atoms with Crippen molar-refractivity contribution in [3.8, 4) is 11.5 Å². The number of amides is 1. The first-order valence-electron chi connectivity index (χ1n) is 9.93. The average molecular weight is 465 g/mol. The van der Waals surface area contributed by atoms with Crippen LogP contribution < -0.4 is 14.4 Å². The third-order valence-corrected chi connectivity index (χ3v) is 5.26. The number of hydrogen-bond donors (Lipinski definition) is 0. The number of ether oxygens (including phenoxy) is 2. The average Bonchev–Trinajstić information content (AvgIpc) is 2.81. The summed E-state index contributed by atoms with van der Waals surface area (Å²) >= 11 is 0. The molecule has 3 rings (SSSR count). The van der Waals surface area contributed by atoms with Crippen molar-refractivity contribution in [3.63, 3.8) is 0 Å². The van der Waals surface area contributed by atoms with Crippen molar-refractivity contribution in [3.05, 3.63) is 63.7 Å². The van der Waals surface area contributed by atoms with Gasteiger partial charge in [0.2, 0.25) is 5.91 Å². The third-order valence-electron chi connectivity index (χ3n) is 5.26. The van der Waals surface area contributed by atoms with E-state index in [0.717, 1.165) is 17.7 Å². The number of piperazine rings is 1. The maximum atomic E-state index is 12.9. The molecule has 11 heteroatoms. The van der Waals surface area contributed by atoms with Crippen LogP contribution in [0.1, 0.15) is 11.1 Å². The fraction of sp³-hybridized carbons (Fsp3) is 0.318. The van der Waals surface area contributed by atoms with Crippen LogP contribution in [0.15, 0.2) is 42.5 Å². The molecule has 0 atom stereocenters. The van der Waals surface area contributed by atoms with Gasteiger partial charge in [-0.15, -0.1) is 0 Å². The van der Waals surface area contributed by atoms with Gasteiger partial charge in [-0.1, -0.05) is 6.07 Å². The van der Waals surface area contributed by atoms with E-state index in [9.17, 15) is 28.1 Å². The Labute approximate surface area is 188 Å². The van der Waals surface area contributed by atoms with E-state index in [-0.39, 0.29) is 37.8 Å². The van der Waals surface area contributed by atoms with Gasteiger partial charge in [0.15, 0.2) is 11.5 Å². The van der Waals surface area contributed by atoms with Crippen LogP contribution in [0.4, 0.5) is 24.5 Å². The Morgan fingerprint density at radius 3 is 2.27 bits per heavy atom. The molecule has 0 unspecified atom stereocenters. The van der Waals surface area contributed by atoms with Crippen LogP contribution in [0.2, 0.25) is 0 Å². The van der Waals surface area contributed by atoms with Gasteiger partial charge in [0.05, 0.1) is 24.7 Å². The number of methoxy groups -OCH3 is 2. The summed E-state index contributed by atoms with van der Waals surface area (Å²) in [5, 5.41) is 11.3. The van der Waals surface area contributed by atoms with Crippen molar-refractivity contribution < 1.29 is 32.4 Å². The number of benzene rings is 2. The van der Waals surface area contributed by atoms with E-state index in [1.807, 2.05) is 0 Å². The largest absolute Gasteiger partial charge is 0.493 e. The number of carbonyl (C=O) groups excluding carboxylic acids is 1. The molecule has 176 valence electrons. The number of anilines is 1. The molecule has 0 aromatic heterocycles. The Balaban J connectivity index is 1.67. The predicted octanol–water partition coefficient (Wildman–Crippen LogP) is 3.99. The molecule has 0 N–H and O–H groups in total. The minimum atomic E-state index is -4.67. The smallest absolute Gasteiger partial charge is 0.416 e. The molecule has 0 spiro atoms. The van der Waals surface area contributed by atoms with Gasteiger partial charge in [-0.3, -0.25) is 14.9 Å². The van der Waals surface area contributed by atoms with Crippen LogP contribution in [-0.4, -0.2) is 56.1 Å². The Morgan fingerprint density at radius 1 is 1.03 bits per heavy atom. The molecule has 0 aliphatic carbocycles. The molecule has 2 aromatic rings. The summed E-state index contributed by atoms with van der Waals surface area (Å²) in [6, 6.07) is 7.69. The summed E-state index contributed by atoms with van der Waals surface area (Å²) in [5.41, 5.74) is -0.856. The minimum absolute atomic E-state index is 0.0981. The molecule has 1 aliphatic heterocycles. The van der Waals surface area contributed by atoms with E-state index in [2.05, 4.69) is 0 Å². The summed E-state index contributed by atoms with van der Waals surface area (Å²) in [4.78, 5) is 26.3. The fourth-order valence-electron chi connectivity index (χ4n) is 3.51.